The monoisotopic (exact) mass is 478 g/mol. The number of hydrogen-bond donors (Lipinski definition) is 0. The molecule has 5 heteroatoms. The molecule has 1 unspecified atom stereocenters. The highest BCUT2D eigenvalue weighted by molar-refractivity contribution is 6.23. The van der Waals surface area contributed by atoms with Gasteiger partial charge in [-0.1, -0.05) is 78.9 Å². The van der Waals surface area contributed by atoms with Crippen molar-refractivity contribution in [2.45, 2.75) is 44.9 Å². The van der Waals surface area contributed by atoms with E-state index in [9.17, 15) is 9.59 Å². The number of rotatable bonds is 7. The summed E-state index contributed by atoms with van der Waals surface area (Å²) in [6, 6.07) is 25.2. The third-order valence-electron chi connectivity index (χ3n) is 6.76. The van der Waals surface area contributed by atoms with Crippen molar-refractivity contribution >= 4 is 17.6 Å². The maximum absolute atomic E-state index is 13.7. The van der Waals surface area contributed by atoms with Crippen LogP contribution in [0.3, 0.4) is 0 Å². The van der Waals surface area contributed by atoms with Gasteiger partial charge in [-0.2, -0.15) is 0 Å². The van der Waals surface area contributed by atoms with Gasteiger partial charge < -0.3 is 9.64 Å². The number of urea groups is 1. The number of carbonyl (C=O) groups is 2. The SMILES string of the molecule is CC1(C)C(=O)N(c2cccc(Cc3ccccc3)c2)C(=O)N1Cc1ccccc1OC1C=CC=CC1. The minimum atomic E-state index is -0.993. The smallest absolute Gasteiger partial charge is 0.332 e. The molecule has 36 heavy (non-hydrogen) atoms. The Morgan fingerprint density at radius 1 is 0.889 bits per heavy atom. The number of nitrogens with zero attached hydrogens (tertiary/aromatic N) is 2. The number of ether oxygens (including phenoxy) is 1. The van der Waals surface area contributed by atoms with Gasteiger partial charge in [0.2, 0.25) is 0 Å². The van der Waals surface area contributed by atoms with E-state index in [2.05, 4.69) is 18.2 Å². The predicted octanol–water partition coefficient (Wildman–Crippen LogP) is 6.29. The number of benzene rings is 3. The normalized spacial score (nSPS) is 18.7. The summed E-state index contributed by atoms with van der Waals surface area (Å²) in [6.07, 6.45) is 9.55. The van der Waals surface area contributed by atoms with Crippen molar-refractivity contribution in [3.63, 3.8) is 0 Å². The largest absolute Gasteiger partial charge is 0.486 e. The molecular formula is C31H30N2O3. The van der Waals surface area contributed by atoms with Crippen molar-refractivity contribution in [3.8, 4) is 5.75 Å². The summed E-state index contributed by atoms with van der Waals surface area (Å²) in [5, 5.41) is 0. The highest BCUT2D eigenvalue weighted by Crippen LogP contribution is 2.35. The van der Waals surface area contributed by atoms with Crippen LogP contribution in [0.15, 0.2) is 103 Å². The summed E-state index contributed by atoms with van der Waals surface area (Å²) in [5.74, 6) is 0.491. The lowest BCUT2D eigenvalue weighted by atomic mass is 10.0. The maximum atomic E-state index is 13.7. The van der Waals surface area contributed by atoms with Crippen LogP contribution in [-0.4, -0.2) is 28.5 Å². The van der Waals surface area contributed by atoms with Crippen LogP contribution in [-0.2, 0) is 17.8 Å². The molecule has 1 atom stereocenters. The Balaban J connectivity index is 1.39. The third kappa shape index (κ3) is 4.69. The summed E-state index contributed by atoms with van der Waals surface area (Å²) in [5.41, 5.74) is 2.69. The van der Waals surface area contributed by atoms with Crippen molar-refractivity contribution < 1.29 is 14.3 Å². The first-order valence-corrected chi connectivity index (χ1v) is 12.3. The number of amides is 3. The number of allylic oxidation sites excluding steroid dienone is 2. The molecule has 0 spiro atoms. The molecule has 0 N–H and O–H groups in total. The third-order valence-corrected chi connectivity index (χ3v) is 6.76. The van der Waals surface area contributed by atoms with E-state index < -0.39 is 5.54 Å². The molecule has 3 aromatic carbocycles. The summed E-state index contributed by atoms with van der Waals surface area (Å²) < 4.78 is 6.24. The zero-order valence-corrected chi connectivity index (χ0v) is 20.6. The molecule has 1 aliphatic carbocycles. The number of para-hydroxylation sites is 1. The Bertz CT molecular complexity index is 1330. The Morgan fingerprint density at radius 3 is 2.42 bits per heavy atom. The van der Waals surface area contributed by atoms with Gasteiger partial charge >= 0.3 is 6.03 Å². The molecular weight excluding hydrogens is 448 g/mol. The highest BCUT2D eigenvalue weighted by atomic mass is 16.5. The second-order valence-corrected chi connectivity index (χ2v) is 9.71. The van der Waals surface area contributed by atoms with Crippen LogP contribution in [0.25, 0.3) is 0 Å². The fraction of sp³-hybridized carbons (Fsp3) is 0.226. The molecule has 182 valence electrons. The first-order chi connectivity index (χ1) is 17.4. The molecule has 2 aliphatic rings. The van der Waals surface area contributed by atoms with Gasteiger partial charge in [-0.05, 0) is 55.7 Å². The van der Waals surface area contributed by atoms with Gasteiger partial charge in [0, 0.05) is 12.0 Å². The lowest BCUT2D eigenvalue weighted by molar-refractivity contribution is -0.123. The lowest BCUT2D eigenvalue weighted by Gasteiger charge is -2.29. The average molecular weight is 479 g/mol. The van der Waals surface area contributed by atoms with Gasteiger partial charge in [-0.15, -0.1) is 0 Å². The molecule has 5 rings (SSSR count). The van der Waals surface area contributed by atoms with Crippen molar-refractivity contribution in [3.05, 3.63) is 120 Å². The van der Waals surface area contributed by atoms with Crippen LogP contribution in [0.1, 0.15) is 37.0 Å². The predicted molar refractivity (Wildman–Crippen MR) is 142 cm³/mol. The quantitative estimate of drug-likeness (QED) is 0.375. The Kier molecular flexibility index (Phi) is 6.47. The fourth-order valence-corrected chi connectivity index (χ4v) is 4.69. The number of imide groups is 1. The van der Waals surface area contributed by atoms with Gasteiger partial charge in [0.25, 0.3) is 5.91 Å². The summed E-state index contributed by atoms with van der Waals surface area (Å²) in [4.78, 5) is 30.2. The van der Waals surface area contributed by atoms with E-state index in [4.69, 9.17) is 4.74 Å². The molecule has 1 aliphatic heterocycles. The Hall–Kier alpha value is -4.12. The van der Waals surface area contributed by atoms with Crippen LogP contribution in [0.4, 0.5) is 10.5 Å². The van der Waals surface area contributed by atoms with Crippen LogP contribution in [0.5, 0.6) is 5.75 Å². The number of hydrogen-bond acceptors (Lipinski definition) is 3. The number of carbonyl (C=O) groups excluding carboxylic acids is 2. The van der Waals surface area contributed by atoms with Crippen LogP contribution >= 0.6 is 0 Å². The van der Waals surface area contributed by atoms with E-state index in [1.165, 1.54) is 10.5 Å². The minimum absolute atomic E-state index is 0.0519. The molecule has 3 amide bonds. The average Bonchev–Trinajstić information content (AvgIpc) is 3.05. The van der Waals surface area contributed by atoms with Crippen molar-refractivity contribution in [1.82, 2.24) is 4.90 Å². The molecule has 0 aromatic heterocycles. The van der Waals surface area contributed by atoms with Crippen molar-refractivity contribution in [2.24, 2.45) is 0 Å². The van der Waals surface area contributed by atoms with Crippen LogP contribution < -0.4 is 9.64 Å². The van der Waals surface area contributed by atoms with Crippen LogP contribution in [0, 0.1) is 0 Å². The topological polar surface area (TPSA) is 49.9 Å². The molecule has 1 fully saturated rings. The molecule has 0 saturated carbocycles. The molecule has 1 heterocycles. The van der Waals surface area contributed by atoms with E-state index in [0.717, 1.165) is 29.7 Å². The van der Waals surface area contributed by atoms with Crippen LogP contribution in [0.2, 0.25) is 0 Å². The molecule has 1 saturated heterocycles. The van der Waals surface area contributed by atoms with Gasteiger partial charge in [-0.3, -0.25) is 4.79 Å². The lowest BCUT2D eigenvalue weighted by Crippen LogP contribution is -2.43. The van der Waals surface area contributed by atoms with E-state index >= 15 is 0 Å². The second-order valence-electron chi connectivity index (χ2n) is 9.71. The fourth-order valence-electron chi connectivity index (χ4n) is 4.69. The number of anilines is 1. The minimum Gasteiger partial charge on any atom is -0.486 e. The zero-order chi connectivity index (χ0) is 25.1. The molecule has 0 bridgehead atoms. The van der Waals surface area contributed by atoms with Crippen molar-refractivity contribution in [1.29, 1.82) is 0 Å². The molecule has 5 nitrogen and oxygen atoms in total. The first kappa shape index (κ1) is 23.6. The van der Waals surface area contributed by atoms with E-state index in [0.29, 0.717) is 5.69 Å². The molecule has 3 aromatic rings. The Morgan fingerprint density at radius 2 is 1.64 bits per heavy atom. The second kappa shape index (κ2) is 9.86. The molecule has 0 radical (unpaired) electrons. The van der Waals surface area contributed by atoms with Crippen molar-refractivity contribution in [2.75, 3.05) is 4.90 Å². The van der Waals surface area contributed by atoms with Gasteiger partial charge in [0.05, 0.1) is 12.2 Å². The summed E-state index contributed by atoms with van der Waals surface area (Å²) in [7, 11) is 0. The van der Waals surface area contributed by atoms with Gasteiger partial charge in [-0.25, -0.2) is 9.69 Å². The Labute approximate surface area is 212 Å². The standard InChI is InChI=1S/C31H30N2O3/c1-31(2)29(34)33(26-16-11-14-24(21-26)20-23-12-5-3-6-13-23)30(35)32(31)22-25-15-9-10-19-28(25)36-27-17-7-4-8-18-27/h3-17,19,21,27H,18,20,22H2,1-2H3. The first-order valence-electron chi connectivity index (χ1n) is 12.3. The summed E-state index contributed by atoms with van der Waals surface area (Å²) >= 11 is 0. The summed E-state index contributed by atoms with van der Waals surface area (Å²) in [6.45, 7) is 3.89. The van der Waals surface area contributed by atoms with E-state index in [1.54, 1.807) is 18.7 Å². The zero-order valence-electron chi connectivity index (χ0n) is 20.6. The van der Waals surface area contributed by atoms with Gasteiger partial charge in [0.1, 0.15) is 17.4 Å². The van der Waals surface area contributed by atoms with E-state index in [1.807, 2.05) is 85.0 Å². The van der Waals surface area contributed by atoms with E-state index in [-0.39, 0.29) is 24.6 Å². The highest BCUT2D eigenvalue weighted by Gasteiger charge is 2.52. The maximum Gasteiger partial charge on any atom is 0.332 e. The van der Waals surface area contributed by atoms with Gasteiger partial charge in [0.15, 0.2) is 0 Å².